The van der Waals surface area contributed by atoms with E-state index in [2.05, 4.69) is 0 Å². The van der Waals surface area contributed by atoms with Crippen LogP contribution in [0.4, 0.5) is 0 Å². The predicted molar refractivity (Wildman–Crippen MR) is 102 cm³/mol. The van der Waals surface area contributed by atoms with Gasteiger partial charge in [0.2, 0.25) is 11.2 Å². The number of rotatable bonds is 7. The van der Waals surface area contributed by atoms with Gasteiger partial charge in [-0.25, -0.2) is 4.79 Å². The predicted octanol–water partition coefficient (Wildman–Crippen LogP) is 3.92. The van der Waals surface area contributed by atoms with Crippen LogP contribution in [0.2, 0.25) is 0 Å². The minimum absolute atomic E-state index is 0.0335. The maximum atomic E-state index is 12.7. The van der Waals surface area contributed by atoms with Gasteiger partial charge in [-0.05, 0) is 38.1 Å². The van der Waals surface area contributed by atoms with E-state index in [0.29, 0.717) is 28.2 Å². The van der Waals surface area contributed by atoms with Crippen molar-refractivity contribution in [2.75, 3.05) is 13.7 Å². The number of carbonyl (C=O) groups is 1. The number of carbonyl (C=O) groups excluding carboxylic acids is 1. The third kappa shape index (κ3) is 4.43. The Morgan fingerprint density at radius 2 is 1.82 bits per heavy atom. The highest BCUT2D eigenvalue weighted by molar-refractivity contribution is 5.79. The maximum absolute atomic E-state index is 12.7. The number of hydrogen-bond donors (Lipinski definition) is 0. The number of esters is 1. The molecular weight excluding hydrogens is 364 g/mol. The molecule has 28 heavy (non-hydrogen) atoms. The number of para-hydroxylation sites is 2. The van der Waals surface area contributed by atoms with Crippen molar-refractivity contribution in [3.8, 4) is 23.0 Å². The smallest absolute Gasteiger partial charge is 0.344 e. The highest BCUT2D eigenvalue weighted by Crippen LogP contribution is 2.30. The highest BCUT2D eigenvalue weighted by Gasteiger charge is 2.13. The Balaban J connectivity index is 1.81. The van der Waals surface area contributed by atoms with Crippen molar-refractivity contribution in [2.45, 2.75) is 20.0 Å². The molecule has 0 unspecified atom stereocenters. The molecule has 2 aromatic carbocycles. The molecular formula is C21H20O7. The first kappa shape index (κ1) is 19.3. The largest absolute Gasteiger partial charge is 0.493 e. The molecule has 0 aliphatic rings. The van der Waals surface area contributed by atoms with Crippen molar-refractivity contribution in [3.05, 3.63) is 59.0 Å². The van der Waals surface area contributed by atoms with Crippen LogP contribution in [0.25, 0.3) is 11.0 Å². The molecule has 1 heterocycles. The molecule has 146 valence electrons. The molecule has 0 fully saturated rings. The summed E-state index contributed by atoms with van der Waals surface area (Å²) in [5.41, 5.74) is -0.0231. The van der Waals surface area contributed by atoms with Crippen molar-refractivity contribution < 1.29 is 28.2 Å². The summed E-state index contributed by atoms with van der Waals surface area (Å²) in [7, 11) is 1.52. The van der Waals surface area contributed by atoms with Gasteiger partial charge in [-0.2, -0.15) is 0 Å². The average Bonchev–Trinajstić information content (AvgIpc) is 2.68. The molecule has 0 atom stereocenters. The first-order valence-electron chi connectivity index (χ1n) is 8.66. The van der Waals surface area contributed by atoms with Crippen molar-refractivity contribution in [3.63, 3.8) is 0 Å². The van der Waals surface area contributed by atoms with Gasteiger partial charge in [-0.3, -0.25) is 4.79 Å². The minimum Gasteiger partial charge on any atom is -0.493 e. The van der Waals surface area contributed by atoms with Crippen LogP contribution in [0.15, 0.2) is 57.9 Å². The fraction of sp³-hybridized carbons (Fsp3) is 0.238. The summed E-state index contributed by atoms with van der Waals surface area (Å²) in [4.78, 5) is 24.3. The number of benzene rings is 2. The van der Waals surface area contributed by atoms with Crippen molar-refractivity contribution in [1.82, 2.24) is 0 Å². The summed E-state index contributed by atoms with van der Waals surface area (Å²) >= 11 is 0. The molecule has 3 rings (SSSR count). The second-order valence-electron chi connectivity index (χ2n) is 6.17. The lowest BCUT2D eigenvalue weighted by atomic mass is 10.2. The van der Waals surface area contributed by atoms with Crippen molar-refractivity contribution >= 4 is 16.9 Å². The molecule has 0 N–H and O–H groups in total. The summed E-state index contributed by atoms with van der Waals surface area (Å²) in [5, 5.41) is 0.324. The van der Waals surface area contributed by atoms with Gasteiger partial charge in [0.1, 0.15) is 17.6 Å². The number of ether oxygens (including phenoxy) is 4. The second-order valence-corrected chi connectivity index (χ2v) is 6.17. The minimum atomic E-state index is -0.475. The molecule has 3 aromatic rings. The van der Waals surface area contributed by atoms with E-state index in [4.69, 9.17) is 23.4 Å². The molecule has 0 saturated heterocycles. The number of methoxy groups -OCH3 is 1. The van der Waals surface area contributed by atoms with Gasteiger partial charge in [-0.15, -0.1) is 0 Å². The SMILES string of the molecule is COc1ccccc1Oc1coc2cc(OCC(=O)OC(C)C)ccc2c1=O. The zero-order chi connectivity index (χ0) is 20.1. The van der Waals surface area contributed by atoms with Crippen LogP contribution < -0.4 is 19.6 Å². The van der Waals surface area contributed by atoms with Crippen LogP contribution in [-0.4, -0.2) is 25.8 Å². The molecule has 0 aliphatic heterocycles. The lowest BCUT2D eigenvalue weighted by Crippen LogP contribution is -2.18. The van der Waals surface area contributed by atoms with Crippen LogP contribution >= 0.6 is 0 Å². The molecule has 7 nitrogen and oxygen atoms in total. The number of fused-ring (bicyclic) bond motifs is 1. The molecule has 0 spiro atoms. The van der Waals surface area contributed by atoms with E-state index in [-0.39, 0.29) is 23.9 Å². The van der Waals surface area contributed by atoms with Crippen LogP contribution in [0, 0.1) is 0 Å². The lowest BCUT2D eigenvalue weighted by Gasteiger charge is -2.10. The van der Waals surface area contributed by atoms with Crippen molar-refractivity contribution in [1.29, 1.82) is 0 Å². The first-order chi connectivity index (χ1) is 13.5. The van der Waals surface area contributed by atoms with Crippen LogP contribution in [0.5, 0.6) is 23.0 Å². The van der Waals surface area contributed by atoms with Gasteiger partial charge >= 0.3 is 5.97 Å². The average molecular weight is 384 g/mol. The zero-order valence-corrected chi connectivity index (χ0v) is 15.8. The summed E-state index contributed by atoms with van der Waals surface area (Å²) in [6, 6.07) is 11.7. The van der Waals surface area contributed by atoms with E-state index >= 15 is 0 Å². The van der Waals surface area contributed by atoms with Gasteiger partial charge in [0.15, 0.2) is 18.1 Å². The zero-order valence-electron chi connectivity index (χ0n) is 15.8. The normalized spacial score (nSPS) is 10.7. The third-order valence-electron chi connectivity index (χ3n) is 3.73. The molecule has 0 amide bonds. The Kier molecular flexibility index (Phi) is 5.84. The number of hydrogen-bond acceptors (Lipinski definition) is 7. The Hall–Kier alpha value is -3.48. The quantitative estimate of drug-likeness (QED) is 0.571. The molecule has 0 radical (unpaired) electrons. The van der Waals surface area contributed by atoms with Gasteiger partial charge in [0.05, 0.1) is 18.6 Å². The van der Waals surface area contributed by atoms with Crippen molar-refractivity contribution in [2.24, 2.45) is 0 Å². The fourth-order valence-corrected chi connectivity index (χ4v) is 2.51. The molecule has 7 heteroatoms. The van der Waals surface area contributed by atoms with E-state index < -0.39 is 5.97 Å². The van der Waals surface area contributed by atoms with E-state index in [1.54, 1.807) is 50.2 Å². The summed E-state index contributed by atoms with van der Waals surface area (Å²) in [6.07, 6.45) is 1.01. The topological polar surface area (TPSA) is 84.2 Å². The van der Waals surface area contributed by atoms with E-state index in [0.717, 1.165) is 0 Å². The van der Waals surface area contributed by atoms with Crippen LogP contribution in [0.3, 0.4) is 0 Å². The Morgan fingerprint density at radius 1 is 1.07 bits per heavy atom. The van der Waals surface area contributed by atoms with Crippen LogP contribution in [-0.2, 0) is 9.53 Å². The van der Waals surface area contributed by atoms with Gasteiger partial charge in [0.25, 0.3) is 0 Å². The van der Waals surface area contributed by atoms with Gasteiger partial charge in [-0.1, -0.05) is 12.1 Å². The maximum Gasteiger partial charge on any atom is 0.344 e. The molecule has 0 bridgehead atoms. The molecule has 0 saturated carbocycles. The Bertz CT molecular complexity index is 1040. The standard InChI is InChI=1S/C21H20O7/c1-13(2)27-20(22)12-25-14-8-9-15-18(10-14)26-11-19(21(15)23)28-17-7-5-4-6-16(17)24-3/h4-11,13H,12H2,1-3H3. The fourth-order valence-electron chi connectivity index (χ4n) is 2.51. The lowest BCUT2D eigenvalue weighted by molar-refractivity contribution is -0.149. The van der Waals surface area contributed by atoms with Crippen LogP contribution in [0.1, 0.15) is 13.8 Å². The van der Waals surface area contributed by atoms with Gasteiger partial charge in [0, 0.05) is 6.07 Å². The first-order valence-corrected chi connectivity index (χ1v) is 8.66. The highest BCUT2D eigenvalue weighted by atomic mass is 16.6. The summed E-state index contributed by atoms with van der Waals surface area (Å²) in [6.45, 7) is 3.28. The second kappa shape index (κ2) is 8.47. The van der Waals surface area contributed by atoms with Gasteiger partial charge < -0.3 is 23.4 Å². The monoisotopic (exact) mass is 384 g/mol. The molecule has 0 aliphatic carbocycles. The van der Waals surface area contributed by atoms with E-state index in [1.807, 2.05) is 0 Å². The Morgan fingerprint density at radius 3 is 2.54 bits per heavy atom. The third-order valence-corrected chi connectivity index (χ3v) is 3.73. The summed E-state index contributed by atoms with van der Waals surface area (Å²) in [5.74, 6) is 0.845. The Labute approximate surface area is 161 Å². The van der Waals surface area contributed by atoms with E-state index in [1.165, 1.54) is 19.4 Å². The van der Waals surface area contributed by atoms with E-state index in [9.17, 15) is 9.59 Å². The molecule has 1 aromatic heterocycles. The summed E-state index contributed by atoms with van der Waals surface area (Å²) < 4.78 is 26.8.